The van der Waals surface area contributed by atoms with Crippen LogP contribution < -0.4 is 0 Å². The van der Waals surface area contributed by atoms with Crippen LogP contribution in [0.5, 0.6) is 0 Å². The van der Waals surface area contributed by atoms with Crippen LogP contribution in [0.3, 0.4) is 0 Å². The van der Waals surface area contributed by atoms with Gasteiger partial charge in [0.1, 0.15) is 28.0 Å². The number of carbonyl (C=O) groups is 2. The molecule has 0 spiro atoms. The smallest absolute Gasteiger partial charge is 0.410 e. The zero-order valence-corrected chi connectivity index (χ0v) is 29.1. The highest BCUT2D eigenvalue weighted by Gasteiger charge is 2.46. The number of hydrogen-bond donors (Lipinski definition) is 1. The molecule has 5 rings (SSSR count). The monoisotopic (exact) mass is 680 g/mol. The van der Waals surface area contributed by atoms with Crippen molar-refractivity contribution in [3.8, 4) is 0 Å². The number of carboxylic acid groups (broad SMARTS) is 1. The summed E-state index contributed by atoms with van der Waals surface area (Å²) >= 11 is 6.11. The Morgan fingerprint density at radius 2 is 1.81 bits per heavy atom. The average Bonchev–Trinajstić information content (AvgIpc) is 3.07. The summed E-state index contributed by atoms with van der Waals surface area (Å²) in [5.74, 6) is -0.737. The fourth-order valence-corrected chi connectivity index (χ4v) is 6.61. The molecule has 48 heavy (non-hydrogen) atoms. The van der Waals surface area contributed by atoms with Crippen LogP contribution in [0.1, 0.15) is 102 Å². The minimum absolute atomic E-state index is 0.0562. The number of amides is 1. The van der Waals surface area contributed by atoms with Crippen LogP contribution in [-0.2, 0) is 23.7 Å². The van der Waals surface area contributed by atoms with Crippen LogP contribution >= 0.6 is 11.6 Å². The molecule has 9 nitrogen and oxygen atoms in total. The van der Waals surface area contributed by atoms with Crippen LogP contribution in [0.15, 0.2) is 72.6 Å². The lowest BCUT2D eigenvalue weighted by molar-refractivity contribution is -0.193. The van der Waals surface area contributed by atoms with E-state index >= 15 is 0 Å². The van der Waals surface area contributed by atoms with Gasteiger partial charge in [-0.2, -0.15) is 0 Å². The lowest BCUT2D eigenvalue weighted by atomic mass is 9.75. The maximum Gasteiger partial charge on any atom is 0.410 e. The van der Waals surface area contributed by atoms with Gasteiger partial charge in [-0.15, -0.1) is 0 Å². The summed E-state index contributed by atoms with van der Waals surface area (Å²) in [5.41, 5.74) is -0.477. The first-order chi connectivity index (χ1) is 23.0. The number of aromatic nitrogens is 1. The first-order valence-corrected chi connectivity index (χ1v) is 17.6. The second kappa shape index (κ2) is 16.3. The Kier molecular flexibility index (Phi) is 12.2. The zero-order valence-electron chi connectivity index (χ0n) is 28.3. The number of carboxylic acids is 1. The predicted molar refractivity (Wildman–Crippen MR) is 184 cm³/mol. The van der Waals surface area contributed by atoms with Gasteiger partial charge in [0.2, 0.25) is 0 Å². The molecule has 1 aromatic heterocycles. The van der Waals surface area contributed by atoms with E-state index in [1.807, 2.05) is 48.6 Å². The highest BCUT2D eigenvalue weighted by Crippen LogP contribution is 2.43. The van der Waals surface area contributed by atoms with Crippen LogP contribution in [0, 0.1) is 5.41 Å². The summed E-state index contributed by atoms with van der Waals surface area (Å²) in [6.07, 6.45) is 13.3. The molecule has 1 saturated heterocycles. The van der Waals surface area contributed by atoms with Crippen molar-refractivity contribution < 1.29 is 33.6 Å². The number of ether oxygens (including phenoxy) is 4. The van der Waals surface area contributed by atoms with Crippen LogP contribution in [0.4, 0.5) is 4.79 Å². The minimum Gasteiger partial charge on any atom is -0.494 e. The Morgan fingerprint density at radius 3 is 2.46 bits per heavy atom. The Balaban J connectivity index is 1.45. The first-order valence-electron chi connectivity index (χ1n) is 17.3. The predicted octanol–water partition coefficient (Wildman–Crippen LogP) is 8.60. The molecular formula is C38H49ClN2O7. The standard InChI is InChI=1S/C38H49ClN2O7/c1-37(2,3)48-36(44)41(26-31(29-17-18-33(39)40-25-29)47-34-16-10-11-23-45-34)22-21-38(35(42)43)20-19-28(27-12-6-4-7-13-27)24-32(38)46-30-14-8-5-9-15-30/h4,6-7,12-13,17-20,24-25,28,30-31,34H,5,8-11,14-16,21-23,26H2,1-3H3,(H,42,43)/t28?,31-,34?,38?/m0/s1. The van der Waals surface area contributed by atoms with Gasteiger partial charge in [-0.25, -0.2) is 9.78 Å². The molecule has 2 aromatic rings. The van der Waals surface area contributed by atoms with E-state index < -0.39 is 35.5 Å². The molecule has 2 fully saturated rings. The lowest BCUT2D eigenvalue weighted by Gasteiger charge is -2.38. The molecule has 3 unspecified atom stereocenters. The molecular weight excluding hydrogens is 632 g/mol. The van der Waals surface area contributed by atoms with Gasteiger partial charge in [-0.1, -0.05) is 66.6 Å². The van der Waals surface area contributed by atoms with E-state index in [-0.39, 0.29) is 31.5 Å². The lowest BCUT2D eigenvalue weighted by Crippen LogP contribution is -2.44. The molecule has 1 amide bonds. The normalized spacial score (nSPS) is 24.0. The molecule has 2 aliphatic carbocycles. The molecule has 1 aliphatic heterocycles. The number of halogens is 1. The fraction of sp³-hybridized carbons (Fsp3) is 0.553. The van der Waals surface area contributed by atoms with Gasteiger partial charge in [0.15, 0.2) is 6.29 Å². The molecule has 260 valence electrons. The van der Waals surface area contributed by atoms with Crippen molar-refractivity contribution in [2.75, 3.05) is 19.7 Å². The molecule has 0 bridgehead atoms. The second-order valence-corrected chi connectivity index (χ2v) is 14.4. The summed E-state index contributed by atoms with van der Waals surface area (Å²) < 4.78 is 24.8. The number of nitrogens with zero attached hydrogens (tertiary/aromatic N) is 2. The number of rotatable bonds is 12. The van der Waals surface area contributed by atoms with Gasteiger partial charge in [0, 0.05) is 30.8 Å². The zero-order chi connectivity index (χ0) is 34.1. The molecule has 1 N–H and O–H groups in total. The summed E-state index contributed by atoms with van der Waals surface area (Å²) in [7, 11) is 0. The van der Waals surface area contributed by atoms with Crippen molar-refractivity contribution >= 4 is 23.7 Å². The highest BCUT2D eigenvalue weighted by molar-refractivity contribution is 6.29. The van der Waals surface area contributed by atoms with E-state index in [4.69, 9.17) is 30.5 Å². The molecule has 3 aliphatic rings. The number of benzene rings is 1. The first kappa shape index (κ1) is 35.9. The van der Waals surface area contributed by atoms with E-state index in [0.717, 1.165) is 62.5 Å². The maximum absolute atomic E-state index is 13.8. The van der Waals surface area contributed by atoms with Crippen molar-refractivity contribution in [1.29, 1.82) is 0 Å². The maximum atomic E-state index is 13.8. The van der Waals surface area contributed by atoms with Crippen molar-refractivity contribution in [2.24, 2.45) is 5.41 Å². The Bertz CT molecular complexity index is 1410. The van der Waals surface area contributed by atoms with E-state index in [0.29, 0.717) is 17.5 Å². The van der Waals surface area contributed by atoms with E-state index in [1.165, 1.54) is 4.90 Å². The SMILES string of the molecule is CC(C)(C)OC(=O)N(CCC1(C(=O)O)C=CC(c2ccccc2)C=C1OC1CCCCC1)C[C@H](OC1CCCCO1)c1ccc(Cl)nc1. The number of hydrogen-bond acceptors (Lipinski definition) is 7. The molecule has 4 atom stereocenters. The van der Waals surface area contributed by atoms with Crippen molar-refractivity contribution in [1.82, 2.24) is 9.88 Å². The third-order valence-electron chi connectivity index (χ3n) is 9.16. The van der Waals surface area contributed by atoms with Crippen LogP contribution in [-0.4, -0.2) is 64.7 Å². The Hall–Kier alpha value is -3.40. The average molecular weight is 681 g/mol. The van der Waals surface area contributed by atoms with Crippen LogP contribution in [0.2, 0.25) is 5.15 Å². The van der Waals surface area contributed by atoms with E-state index in [1.54, 1.807) is 39.1 Å². The van der Waals surface area contributed by atoms with Gasteiger partial charge < -0.3 is 29.0 Å². The molecule has 1 aromatic carbocycles. The van der Waals surface area contributed by atoms with Gasteiger partial charge in [0.05, 0.1) is 12.6 Å². The van der Waals surface area contributed by atoms with E-state index in [9.17, 15) is 14.7 Å². The summed E-state index contributed by atoms with van der Waals surface area (Å²) in [4.78, 5) is 33.0. The number of allylic oxidation sites excluding steroid dienone is 2. The third-order valence-corrected chi connectivity index (χ3v) is 9.38. The van der Waals surface area contributed by atoms with Gasteiger partial charge >= 0.3 is 12.1 Å². The minimum atomic E-state index is -1.48. The highest BCUT2D eigenvalue weighted by atomic mass is 35.5. The third kappa shape index (κ3) is 9.61. The number of pyridine rings is 1. The molecule has 2 heterocycles. The van der Waals surface area contributed by atoms with Crippen molar-refractivity contribution in [3.63, 3.8) is 0 Å². The van der Waals surface area contributed by atoms with Crippen molar-refractivity contribution in [2.45, 2.75) is 109 Å². The molecule has 1 saturated carbocycles. The van der Waals surface area contributed by atoms with Gasteiger partial charge in [-0.05, 0) is 89.8 Å². The summed E-state index contributed by atoms with van der Waals surface area (Å²) in [6, 6.07) is 13.5. The Morgan fingerprint density at radius 1 is 1.06 bits per heavy atom. The van der Waals surface area contributed by atoms with Crippen LogP contribution in [0.25, 0.3) is 0 Å². The number of carbonyl (C=O) groups excluding carboxylic acids is 1. The number of aliphatic carboxylic acids is 1. The largest absolute Gasteiger partial charge is 0.494 e. The van der Waals surface area contributed by atoms with Crippen molar-refractivity contribution in [3.05, 3.63) is 88.9 Å². The quantitative estimate of drug-likeness (QED) is 0.175. The summed E-state index contributed by atoms with van der Waals surface area (Å²) in [5, 5.41) is 11.3. The molecule has 0 radical (unpaired) electrons. The summed E-state index contributed by atoms with van der Waals surface area (Å²) in [6.45, 7) is 6.18. The topological polar surface area (TPSA) is 107 Å². The molecule has 10 heteroatoms. The van der Waals surface area contributed by atoms with Gasteiger partial charge in [0.25, 0.3) is 0 Å². The Labute approximate surface area is 289 Å². The van der Waals surface area contributed by atoms with Gasteiger partial charge in [-0.3, -0.25) is 4.79 Å². The fourth-order valence-electron chi connectivity index (χ4n) is 6.50. The second-order valence-electron chi connectivity index (χ2n) is 14.0. The van der Waals surface area contributed by atoms with E-state index in [2.05, 4.69) is 4.98 Å².